The first-order chi connectivity index (χ1) is 13.6. The summed E-state index contributed by atoms with van der Waals surface area (Å²) in [4.78, 5) is 25.9. The standard InChI is InChI=1S/C19H25ClF3N3O3/c1-25(2)9-3-8-24-14-4-5-15(17(20)27)16(12-14)26(23)18(28)19(21,22)13-6-10-29-11-7-13/h4-5,12-13,24H,3,6-11H2,1-2H3. The zero-order valence-electron chi connectivity index (χ0n) is 16.4. The maximum atomic E-state index is 14.8. The lowest BCUT2D eigenvalue weighted by Gasteiger charge is -2.30. The molecule has 0 atom stereocenters. The summed E-state index contributed by atoms with van der Waals surface area (Å²) in [7, 11) is 3.84. The van der Waals surface area contributed by atoms with E-state index in [1.807, 2.05) is 19.0 Å². The van der Waals surface area contributed by atoms with Crippen LogP contribution >= 0.6 is 11.6 Å². The zero-order valence-corrected chi connectivity index (χ0v) is 17.1. The van der Waals surface area contributed by atoms with Crippen molar-refractivity contribution in [3.05, 3.63) is 23.8 Å². The van der Waals surface area contributed by atoms with Crippen molar-refractivity contribution in [3.8, 4) is 0 Å². The average molecular weight is 436 g/mol. The van der Waals surface area contributed by atoms with Crippen molar-refractivity contribution >= 4 is 34.1 Å². The van der Waals surface area contributed by atoms with Gasteiger partial charge in [-0.15, -0.1) is 5.12 Å². The molecule has 29 heavy (non-hydrogen) atoms. The average Bonchev–Trinajstić information content (AvgIpc) is 2.70. The normalized spacial score (nSPS) is 15.4. The number of carbonyl (C=O) groups excluding carboxylic acids is 2. The molecule has 1 amide bonds. The van der Waals surface area contributed by atoms with Gasteiger partial charge in [-0.1, -0.05) is 4.48 Å². The summed E-state index contributed by atoms with van der Waals surface area (Å²) in [6.45, 7) is 1.50. The second kappa shape index (κ2) is 10.3. The number of benzene rings is 1. The number of ether oxygens (including phenoxy) is 1. The molecular weight excluding hydrogens is 411 g/mol. The van der Waals surface area contributed by atoms with Crippen LogP contribution in [0.5, 0.6) is 0 Å². The smallest absolute Gasteiger partial charge is 0.330 e. The first-order valence-corrected chi connectivity index (χ1v) is 9.70. The Morgan fingerprint density at radius 2 is 1.93 bits per heavy atom. The number of amides is 1. The van der Waals surface area contributed by atoms with Gasteiger partial charge in [0.15, 0.2) is 0 Å². The van der Waals surface area contributed by atoms with E-state index in [4.69, 9.17) is 16.3 Å². The van der Waals surface area contributed by atoms with E-state index in [0.717, 1.165) is 19.0 Å². The number of carbonyl (C=O) groups is 2. The van der Waals surface area contributed by atoms with Crippen LogP contribution < -0.4 is 10.4 Å². The Morgan fingerprint density at radius 1 is 1.28 bits per heavy atom. The highest BCUT2D eigenvalue weighted by atomic mass is 35.5. The maximum Gasteiger partial charge on any atom is 0.330 e. The van der Waals surface area contributed by atoms with Crippen molar-refractivity contribution in [2.45, 2.75) is 25.2 Å². The number of alkyl halides is 2. The van der Waals surface area contributed by atoms with E-state index < -0.39 is 33.8 Å². The number of anilines is 2. The minimum Gasteiger partial charge on any atom is -0.385 e. The quantitative estimate of drug-likeness (QED) is 0.364. The fraction of sp³-hybridized carbons (Fsp3) is 0.579. The molecule has 10 heteroatoms. The van der Waals surface area contributed by atoms with Gasteiger partial charge in [0.05, 0.1) is 11.3 Å². The van der Waals surface area contributed by atoms with Crippen molar-refractivity contribution in [1.29, 1.82) is 0 Å². The van der Waals surface area contributed by atoms with Crippen LogP contribution in [0.3, 0.4) is 0 Å². The molecule has 1 aliphatic rings. The Hall–Kier alpha value is -1.84. The van der Waals surface area contributed by atoms with Gasteiger partial charge in [0.1, 0.15) is 0 Å². The SMILES string of the molecule is CN(C)CCCNc1ccc(C(=O)Cl)c(N(F)C(=O)C(F)(F)C2CCOCC2)c1. The molecule has 1 aliphatic heterocycles. The molecule has 1 aromatic carbocycles. The zero-order chi connectivity index (χ0) is 21.6. The molecule has 0 aromatic heterocycles. The number of hydrogen-bond acceptors (Lipinski definition) is 5. The number of nitrogens with one attached hydrogen (secondary N) is 1. The molecule has 1 fully saturated rings. The molecule has 1 heterocycles. The van der Waals surface area contributed by atoms with Crippen molar-refractivity contribution in [3.63, 3.8) is 0 Å². The molecule has 0 aliphatic carbocycles. The Labute approximate surface area is 172 Å². The van der Waals surface area contributed by atoms with E-state index in [1.54, 1.807) is 0 Å². The Morgan fingerprint density at radius 3 is 2.52 bits per heavy atom. The summed E-state index contributed by atoms with van der Waals surface area (Å²) >= 11 is 5.46. The van der Waals surface area contributed by atoms with E-state index >= 15 is 0 Å². The molecule has 0 spiro atoms. The van der Waals surface area contributed by atoms with Gasteiger partial charge in [0.25, 0.3) is 5.24 Å². The third-order valence-electron chi connectivity index (χ3n) is 4.73. The van der Waals surface area contributed by atoms with E-state index in [-0.39, 0.29) is 31.6 Å². The summed E-state index contributed by atoms with van der Waals surface area (Å²) in [5.74, 6) is -7.28. The first kappa shape index (κ1) is 23.4. The maximum absolute atomic E-state index is 14.8. The van der Waals surface area contributed by atoms with E-state index in [9.17, 15) is 22.9 Å². The first-order valence-electron chi connectivity index (χ1n) is 9.33. The van der Waals surface area contributed by atoms with Crippen molar-refractivity contribution in [2.24, 2.45) is 5.92 Å². The van der Waals surface area contributed by atoms with E-state index in [1.165, 1.54) is 12.1 Å². The molecule has 2 rings (SSSR count). The van der Waals surface area contributed by atoms with E-state index in [2.05, 4.69) is 5.32 Å². The molecule has 1 aromatic rings. The van der Waals surface area contributed by atoms with Gasteiger partial charge in [-0.05, 0) is 69.7 Å². The van der Waals surface area contributed by atoms with Crippen molar-refractivity contribution in [2.75, 3.05) is 50.8 Å². The minimum absolute atomic E-state index is 0.0542. The number of rotatable bonds is 9. The molecular formula is C19H25ClF3N3O3. The van der Waals surface area contributed by atoms with Gasteiger partial charge >= 0.3 is 11.8 Å². The second-order valence-electron chi connectivity index (χ2n) is 7.18. The molecule has 6 nitrogen and oxygen atoms in total. The number of nitrogens with zero attached hydrogens (tertiary/aromatic N) is 2. The largest absolute Gasteiger partial charge is 0.385 e. The summed E-state index contributed by atoms with van der Waals surface area (Å²) in [5, 5.41) is 1.29. The summed E-state index contributed by atoms with van der Waals surface area (Å²) in [6, 6.07) is 3.80. The van der Waals surface area contributed by atoms with Crippen LogP contribution in [-0.4, -0.2) is 62.4 Å². The number of halogens is 4. The van der Waals surface area contributed by atoms with Crippen LogP contribution in [0.2, 0.25) is 0 Å². The Bertz CT molecular complexity index is 728. The van der Waals surface area contributed by atoms with Crippen LogP contribution in [0.4, 0.5) is 24.6 Å². The Balaban J connectivity index is 2.21. The number of hydrogen-bond donors (Lipinski definition) is 1. The van der Waals surface area contributed by atoms with Gasteiger partial charge in [-0.3, -0.25) is 9.59 Å². The summed E-state index contributed by atoms with van der Waals surface area (Å²) < 4.78 is 49.0. The van der Waals surface area contributed by atoms with Gasteiger partial charge in [-0.25, -0.2) is 0 Å². The second-order valence-corrected chi connectivity index (χ2v) is 7.53. The Kier molecular flexibility index (Phi) is 8.30. The van der Waals surface area contributed by atoms with Crippen LogP contribution in [0.25, 0.3) is 0 Å². The molecule has 1 saturated heterocycles. The predicted octanol–water partition coefficient (Wildman–Crippen LogP) is 3.71. The minimum atomic E-state index is -3.93. The lowest BCUT2D eigenvalue weighted by atomic mass is 9.92. The monoisotopic (exact) mass is 435 g/mol. The van der Waals surface area contributed by atoms with Crippen LogP contribution in [0, 0.1) is 5.92 Å². The van der Waals surface area contributed by atoms with Crippen LogP contribution in [-0.2, 0) is 9.53 Å². The molecule has 0 bridgehead atoms. The fourth-order valence-corrected chi connectivity index (χ4v) is 3.23. The molecule has 0 radical (unpaired) electrons. The van der Waals surface area contributed by atoms with Crippen molar-refractivity contribution in [1.82, 2.24) is 4.90 Å². The predicted molar refractivity (Wildman–Crippen MR) is 105 cm³/mol. The van der Waals surface area contributed by atoms with Gasteiger partial charge in [0.2, 0.25) is 0 Å². The summed E-state index contributed by atoms with van der Waals surface area (Å²) in [6.07, 6.45) is 0.668. The van der Waals surface area contributed by atoms with Crippen molar-refractivity contribution < 1.29 is 27.6 Å². The molecule has 1 N–H and O–H groups in total. The van der Waals surface area contributed by atoms with Crippen LogP contribution in [0.1, 0.15) is 29.6 Å². The molecule has 0 saturated carbocycles. The lowest BCUT2D eigenvalue weighted by Crippen LogP contribution is -2.47. The highest BCUT2D eigenvalue weighted by molar-refractivity contribution is 6.68. The highest BCUT2D eigenvalue weighted by Gasteiger charge is 2.51. The van der Waals surface area contributed by atoms with Gasteiger partial charge < -0.3 is 15.0 Å². The lowest BCUT2D eigenvalue weighted by molar-refractivity contribution is -0.159. The fourth-order valence-electron chi connectivity index (χ4n) is 3.07. The third-order valence-corrected chi connectivity index (χ3v) is 4.93. The van der Waals surface area contributed by atoms with Gasteiger partial charge in [-0.2, -0.15) is 8.78 Å². The van der Waals surface area contributed by atoms with Gasteiger partial charge in [0, 0.05) is 31.4 Å². The highest BCUT2D eigenvalue weighted by Crippen LogP contribution is 2.37. The molecule has 0 unspecified atom stereocenters. The molecule has 162 valence electrons. The van der Waals surface area contributed by atoms with Crippen LogP contribution in [0.15, 0.2) is 18.2 Å². The topological polar surface area (TPSA) is 61.9 Å². The third kappa shape index (κ3) is 6.07. The summed E-state index contributed by atoms with van der Waals surface area (Å²) in [5.41, 5.74) is -0.603. The van der Waals surface area contributed by atoms with E-state index in [0.29, 0.717) is 12.2 Å².